The molecule has 0 aliphatic rings. The molecule has 0 amide bonds. The summed E-state index contributed by atoms with van der Waals surface area (Å²) in [5, 5.41) is 0. The lowest BCUT2D eigenvalue weighted by molar-refractivity contribution is -0.337. The Morgan fingerprint density at radius 1 is 1.10 bits per heavy atom. The molecule has 0 radical (unpaired) electrons. The third-order valence-electron chi connectivity index (χ3n) is 3.02. The molecule has 2 nitrogen and oxygen atoms in total. The van der Waals surface area contributed by atoms with Gasteiger partial charge in [-0.15, -0.1) is 0 Å². The molecule has 0 atom stereocenters. The van der Waals surface area contributed by atoms with Gasteiger partial charge in [-0.3, -0.25) is 0 Å². The van der Waals surface area contributed by atoms with Gasteiger partial charge in [0.1, 0.15) is 0 Å². The Morgan fingerprint density at radius 2 is 1.55 bits per heavy atom. The highest BCUT2D eigenvalue weighted by Crippen LogP contribution is 2.52. The lowest BCUT2D eigenvalue weighted by Gasteiger charge is -2.33. The fraction of sp³-hybridized carbons (Fsp3) is 0.750. The molecule has 0 heterocycles. The maximum Gasteiger partial charge on any atom is 0.402 e. The van der Waals surface area contributed by atoms with Crippen LogP contribution < -0.4 is 0 Å². The van der Waals surface area contributed by atoms with Crippen molar-refractivity contribution in [1.29, 1.82) is 0 Å². The number of carbonyl (C=O) groups excluding carboxylic acids is 1. The highest BCUT2D eigenvalue weighted by Gasteiger charge is 2.66. The van der Waals surface area contributed by atoms with Crippen LogP contribution >= 0.6 is 0 Å². The number of alkyl halides is 6. The van der Waals surface area contributed by atoms with Crippen molar-refractivity contribution in [3.8, 4) is 0 Å². The topological polar surface area (TPSA) is 26.3 Å². The van der Waals surface area contributed by atoms with Crippen LogP contribution in [0, 0.1) is 5.41 Å². The Kier molecular flexibility index (Phi) is 6.10. The van der Waals surface area contributed by atoms with Crippen LogP contribution in [0.1, 0.15) is 33.1 Å². The second kappa shape index (κ2) is 6.49. The summed E-state index contributed by atoms with van der Waals surface area (Å²) in [5.74, 6) is -0.812. The summed E-state index contributed by atoms with van der Waals surface area (Å²) in [6.45, 7) is 4.55. The van der Waals surface area contributed by atoms with Crippen LogP contribution in [0.3, 0.4) is 0 Å². The highest BCUT2D eigenvalue weighted by molar-refractivity contribution is 5.87. The van der Waals surface area contributed by atoms with Gasteiger partial charge >= 0.3 is 18.3 Å². The predicted octanol–water partition coefficient (Wildman–Crippen LogP) is 4.41. The molecular weight excluding hydrogens is 290 g/mol. The van der Waals surface area contributed by atoms with Gasteiger partial charge in [0, 0.05) is 5.57 Å². The van der Waals surface area contributed by atoms with Crippen molar-refractivity contribution in [2.75, 3.05) is 6.61 Å². The number of hydrogen-bond acceptors (Lipinski definition) is 2. The minimum absolute atomic E-state index is 0.0970. The van der Waals surface area contributed by atoms with Gasteiger partial charge < -0.3 is 4.74 Å². The van der Waals surface area contributed by atoms with E-state index in [1.54, 1.807) is 6.92 Å². The number of rotatable bonds is 6. The minimum atomic E-state index is -5.41. The maximum absolute atomic E-state index is 12.5. The number of esters is 1. The molecule has 0 N–H and O–H groups in total. The molecule has 0 aromatic rings. The smallest absolute Gasteiger partial charge is 0.402 e. The summed E-state index contributed by atoms with van der Waals surface area (Å²) in [6.07, 6.45) is -12.3. The zero-order valence-corrected chi connectivity index (χ0v) is 11.1. The second-order valence-corrected chi connectivity index (χ2v) is 4.52. The molecule has 0 rings (SSSR count). The summed E-state index contributed by atoms with van der Waals surface area (Å²) in [7, 11) is 0. The first-order chi connectivity index (χ1) is 8.87. The molecule has 0 fully saturated rings. The van der Waals surface area contributed by atoms with Crippen molar-refractivity contribution < 1.29 is 35.9 Å². The first kappa shape index (κ1) is 18.8. The number of hydrogen-bond donors (Lipinski definition) is 0. The molecule has 118 valence electrons. The maximum atomic E-state index is 12.5. The second-order valence-electron chi connectivity index (χ2n) is 4.52. The molecule has 8 heteroatoms. The van der Waals surface area contributed by atoms with E-state index in [4.69, 9.17) is 0 Å². The standard InChI is InChI=1S/C12H16F6O2/c1-4-8(2)9(19)20-7-5-6-10(3,11(13,14)15)12(16,17)18/h2,4-7H2,1,3H3. The minimum Gasteiger partial charge on any atom is -0.462 e. The summed E-state index contributed by atoms with van der Waals surface area (Å²) in [5.41, 5.74) is -3.70. The van der Waals surface area contributed by atoms with E-state index in [0.717, 1.165) is 0 Å². The van der Waals surface area contributed by atoms with Crippen molar-refractivity contribution in [2.45, 2.75) is 45.5 Å². The molecule has 0 unspecified atom stereocenters. The molecule has 0 saturated carbocycles. The summed E-state index contributed by atoms with van der Waals surface area (Å²) < 4.78 is 79.7. The van der Waals surface area contributed by atoms with Crippen molar-refractivity contribution in [1.82, 2.24) is 0 Å². The Bertz CT molecular complexity index is 342. The van der Waals surface area contributed by atoms with Gasteiger partial charge in [-0.25, -0.2) is 4.79 Å². The van der Waals surface area contributed by atoms with Gasteiger partial charge in [-0.05, 0) is 26.2 Å². The highest BCUT2D eigenvalue weighted by atomic mass is 19.4. The Labute approximate surface area is 112 Å². The van der Waals surface area contributed by atoms with Gasteiger partial charge in [-0.2, -0.15) is 26.3 Å². The summed E-state index contributed by atoms with van der Waals surface area (Å²) in [6, 6.07) is 0. The predicted molar refractivity (Wildman–Crippen MR) is 59.8 cm³/mol. The van der Waals surface area contributed by atoms with E-state index in [2.05, 4.69) is 11.3 Å². The van der Waals surface area contributed by atoms with Gasteiger partial charge in [0.15, 0.2) is 5.41 Å². The Morgan fingerprint density at radius 3 is 1.90 bits per heavy atom. The first-order valence-electron chi connectivity index (χ1n) is 5.85. The van der Waals surface area contributed by atoms with Gasteiger partial charge in [0.05, 0.1) is 6.61 Å². The quantitative estimate of drug-likeness (QED) is 0.314. The van der Waals surface area contributed by atoms with E-state index in [1.807, 2.05) is 0 Å². The van der Waals surface area contributed by atoms with E-state index in [9.17, 15) is 31.1 Å². The third-order valence-corrected chi connectivity index (χ3v) is 3.02. The van der Waals surface area contributed by atoms with Crippen LogP contribution in [0.4, 0.5) is 26.3 Å². The zero-order valence-electron chi connectivity index (χ0n) is 11.1. The molecule has 0 aliphatic carbocycles. The number of ether oxygens (including phenoxy) is 1. The van der Waals surface area contributed by atoms with Crippen molar-refractivity contribution >= 4 is 5.97 Å². The van der Waals surface area contributed by atoms with Crippen LogP contribution in [0.5, 0.6) is 0 Å². The lowest BCUT2D eigenvalue weighted by Crippen LogP contribution is -2.47. The van der Waals surface area contributed by atoms with Crippen LogP contribution in [0.25, 0.3) is 0 Å². The van der Waals surface area contributed by atoms with Crippen molar-refractivity contribution in [3.63, 3.8) is 0 Å². The van der Waals surface area contributed by atoms with Gasteiger partial charge in [0.2, 0.25) is 0 Å². The molecule has 0 saturated heterocycles. The van der Waals surface area contributed by atoms with Gasteiger partial charge in [0.25, 0.3) is 0 Å². The number of carbonyl (C=O) groups is 1. The molecule has 0 aromatic heterocycles. The molecular formula is C12H16F6O2. The SMILES string of the molecule is C=C(CC)C(=O)OCCCC(C)(C(F)(F)F)C(F)(F)F. The Hall–Kier alpha value is -1.21. The summed E-state index contributed by atoms with van der Waals surface area (Å²) in [4.78, 5) is 11.1. The number of halogens is 6. The largest absolute Gasteiger partial charge is 0.462 e. The molecule has 0 spiro atoms. The fourth-order valence-corrected chi connectivity index (χ4v) is 1.28. The molecule has 0 aromatic carbocycles. The lowest BCUT2D eigenvalue weighted by atomic mass is 9.84. The molecule has 0 bridgehead atoms. The average Bonchev–Trinajstić information content (AvgIpc) is 2.29. The summed E-state index contributed by atoms with van der Waals surface area (Å²) >= 11 is 0. The van der Waals surface area contributed by atoms with Gasteiger partial charge in [-0.1, -0.05) is 13.5 Å². The van der Waals surface area contributed by atoms with E-state index >= 15 is 0 Å². The van der Waals surface area contributed by atoms with Crippen molar-refractivity contribution in [3.05, 3.63) is 12.2 Å². The van der Waals surface area contributed by atoms with Crippen LogP contribution in [0.15, 0.2) is 12.2 Å². The van der Waals surface area contributed by atoms with E-state index in [-0.39, 0.29) is 12.5 Å². The Balaban J connectivity index is 4.54. The van der Waals surface area contributed by atoms with Crippen molar-refractivity contribution in [2.24, 2.45) is 5.41 Å². The van der Waals surface area contributed by atoms with Crippen LogP contribution in [0.2, 0.25) is 0 Å². The molecule has 0 aliphatic heterocycles. The molecule has 20 heavy (non-hydrogen) atoms. The van der Waals surface area contributed by atoms with E-state index in [1.165, 1.54) is 0 Å². The first-order valence-corrected chi connectivity index (χ1v) is 5.85. The van der Waals surface area contributed by atoms with E-state index < -0.39 is 43.2 Å². The normalized spacial score (nSPS) is 13.2. The fourth-order valence-electron chi connectivity index (χ4n) is 1.28. The zero-order chi connectivity index (χ0) is 16.2. The van der Waals surface area contributed by atoms with Crippen LogP contribution in [-0.2, 0) is 9.53 Å². The van der Waals surface area contributed by atoms with E-state index in [0.29, 0.717) is 6.42 Å². The van der Waals surface area contributed by atoms with Crippen LogP contribution in [-0.4, -0.2) is 24.9 Å². The monoisotopic (exact) mass is 306 g/mol. The average molecular weight is 306 g/mol. The third kappa shape index (κ3) is 4.42.